The van der Waals surface area contributed by atoms with Crippen LogP contribution < -0.4 is 0 Å². The third kappa shape index (κ3) is 1.85. The molecule has 1 saturated carbocycles. The molecule has 2 rings (SSSR count). The standard InChI is InChI=1S/C12H14O2/c13-8-9-1-3-10(4-2-9)11-5-6-12(14)7-11/h1-4,11,13H,5-8H2. The Bertz CT molecular complexity index is 327. The van der Waals surface area contributed by atoms with Crippen LogP contribution in [-0.4, -0.2) is 10.9 Å². The van der Waals surface area contributed by atoms with Crippen molar-refractivity contribution >= 4 is 5.78 Å². The minimum absolute atomic E-state index is 0.0872. The molecular weight excluding hydrogens is 176 g/mol. The zero-order valence-corrected chi connectivity index (χ0v) is 8.07. The highest BCUT2D eigenvalue weighted by Crippen LogP contribution is 2.31. The molecule has 1 fully saturated rings. The summed E-state index contributed by atoms with van der Waals surface area (Å²) in [5.41, 5.74) is 2.16. The summed E-state index contributed by atoms with van der Waals surface area (Å²) in [6.07, 6.45) is 2.40. The lowest BCUT2D eigenvalue weighted by atomic mass is 9.97. The van der Waals surface area contributed by atoms with Gasteiger partial charge in [0.1, 0.15) is 5.78 Å². The van der Waals surface area contributed by atoms with Crippen LogP contribution in [0, 0.1) is 0 Å². The Morgan fingerprint density at radius 1 is 1.29 bits per heavy atom. The molecule has 0 heterocycles. The molecule has 1 aromatic carbocycles. The first-order chi connectivity index (χ1) is 6.79. The molecule has 1 N–H and O–H groups in total. The maximum atomic E-state index is 11.1. The first-order valence-corrected chi connectivity index (χ1v) is 5.01. The summed E-state index contributed by atoms with van der Waals surface area (Å²) in [5, 5.41) is 8.88. The molecule has 0 aliphatic heterocycles. The molecule has 2 nitrogen and oxygen atoms in total. The Kier molecular flexibility index (Phi) is 2.64. The van der Waals surface area contributed by atoms with E-state index in [1.54, 1.807) is 0 Å². The van der Waals surface area contributed by atoms with E-state index in [0.717, 1.165) is 18.4 Å². The Labute approximate surface area is 83.6 Å². The monoisotopic (exact) mass is 190 g/mol. The maximum absolute atomic E-state index is 11.1. The van der Waals surface area contributed by atoms with E-state index in [9.17, 15) is 4.79 Å². The van der Waals surface area contributed by atoms with Gasteiger partial charge >= 0.3 is 0 Å². The molecule has 14 heavy (non-hydrogen) atoms. The fourth-order valence-electron chi connectivity index (χ4n) is 1.99. The second-order valence-electron chi connectivity index (χ2n) is 3.88. The third-order valence-electron chi connectivity index (χ3n) is 2.88. The van der Waals surface area contributed by atoms with Gasteiger partial charge in [-0.15, -0.1) is 0 Å². The molecule has 74 valence electrons. The van der Waals surface area contributed by atoms with Crippen molar-refractivity contribution in [2.45, 2.75) is 31.8 Å². The molecular formula is C12H14O2. The maximum Gasteiger partial charge on any atom is 0.133 e. The van der Waals surface area contributed by atoms with E-state index in [-0.39, 0.29) is 6.61 Å². The van der Waals surface area contributed by atoms with Gasteiger partial charge in [0.15, 0.2) is 0 Å². The summed E-state index contributed by atoms with van der Waals surface area (Å²) in [4.78, 5) is 11.1. The van der Waals surface area contributed by atoms with Crippen LogP contribution in [0.25, 0.3) is 0 Å². The molecule has 1 aliphatic carbocycles. The SMILES string of the molecule is O=C1CCC(c2ccc(CO)cc2)C1. The van der Waals surface area contributed by atoms with Gasteiger partial charge in [-0.1, -0.05) is 24.3 Å². The number of ketones is 1. The van der Waals surface area contributed by atoms with Crippen molar-refractivity contribution in [1.29, 1.82) is 0 Å². The largest absolute Gasteiger partial charge is 0.392 e. The lowest BCUT2D eigenvalue weighted by Crippen LogP contribution is -1.94. The summed E-state index contributed by atoms with van der Waals surface area (Å²) < 4.78 is 0. The van der Waals surface area contributed by atoms with E-state index in [2.05, 4.69) is 0 Å². The number of aliphatic hydroxyl groups excluding tert-OH is 1. The van der Waals surface area contributed by atoms with E-state index in [4.69, 9.17) is 5.11 Å². The van der Waals surface area contributed by atoms with Gasteiger partial charge in [-0.05, 0) is 23.5 Å². The molecule has 0 bridgehead atoms. The topological polar surface area (TPSA) is 37.3 Å². The normalized spacial score (nSPS) is 21.5. The quantitative estimate of drug-likeness (QED) is 0.774. The van der Waals surface area contributed by atoms with Crippen molar-refractivity contribution in [1.82, 2.24) is 0 Å². The third-order valence-corrected chi connectivity index (χ3v) is 2.88. The number of benzene rings is 1. The molecule has 0 saturated heterocycles. The Hall–Kier alpha value is -1.15. The number of carbonyl (C=O) groups is 1. The van der Waals surface area contributed by atoms with Crippen LogP contribution in [0.15, 0.2) is 24.3 Å². The highest BCUT2D eigenvalue weighted by Gasteiger charge is 2.23. The van der Waals surface area contributed by atoms with Crippen LogP contribution in [0.1, 0.15) is 36.3 Å². The van der Waals surface area contributed by atoms with Crippen molar-refractivity contribution < 1.29 is 9.90 Å². The van der Waals surface area contributed by atoms with E-state index < -0.39 is 0 Å². The zero-order chi connectivity index (χ0) is 9.97. The van der Waals surface area contributed by atoms with Crippen LogP contribution in [0.3, 0.4) is 0 Å². The van der Waals surface area contributed by atoms with Gasteiger partial charge in [-0.3, -0.25) is 4.79 Å². The zero-order valence-electron chi connectivity index (χ0n) is 8.07. The van der Waals surface area contributed by atoms with Gasteiger partial charge in [0.2, 0.25) is 0 Å². The van der Waals surface area contributed by atoms with Gasteiger partial charge in [-0.25, -0.2) is 0 Å². The summed E-state index contributed by atoms with van der Waals surface area (Å²) >= 11 is 0. The summed E-state index contributed by atoms with van der Waals surface area (Å²) in [6, 6.07) is 7.90. The summed E-state index contributed by atoms with van der Waals surface area (Å²) in [6.45, 7) is 0.0872. The average molecular weight is 190 g/mol. The Balaban J connectivity index is 2.13. The minimum atomic E-state index is 0.0872. The number of rotatable bonds is 2. The van der Waals surface area contributed by atoms with Crippen LogP contribution in [0.5, 0.6) is 0 Å². The lowest BCUT2D eigenvalue weighted by molar-refractivity contribution is -0.117. The highest BCUT2D eigenvalue weighted by molar-refractivity contribution is 5.81. The summed E-state index contributed by atoms with van der Waals surface area (Å²) in [7, 11) is 0. The van der Waals surface area contributed by atoms with E-state index >= 15 is 0 Å². The molecule has 1 unspecified atom stereocenters. The van der Waals surface area contributed by atoms with Gasteiger partial charge < -0.3 is 5.11 Å². The fourth-order valence-corrected chi connectivity index (χ4v) is 1.99. The molecule has 0 spiro atoms. The smallest absolute Gasteiger partial charge is 0.133 e. The second-order valence-corrected chi connectivity index (χ2v) is 3.88. The number of hydrogen-bond acceptors (Lipinski definition) is 2. The van der Waals surface area contributed by atoms with Crippen molar-refractivity contribution in [2.75, 3.05) is 0 Å². The molecule has 1 aromatic rings. The van der Waals surface area contributed by atoms with Gasteiger partial charge in [0, 0.05) is 12.8 Å². The average Bonchev–Trinajstić information content (AvgIpc) is 2.65. The van der Waals surface area contributed by atoms with Crippen molar-refractivity contribution in [3.05, 3.63) is 35.4 Å². The molecule has 1 aliphatic rings. The van der Waals surface area contributed by atoms with Gasteiger partial charge in [-0.2, -0.15) is 0 Å². The van der Waals surface area contributed by atoms with Gasteiger partial charge in [0.05, 0.1) is 6.61 Å². The fraction of sp³-hybridized carbons (Fsp3) is 0.417. The van der Waals surface area contributed by atoms with E-state index in [0.29, 0.717) is 18.1 Å². The van der Waals surface area contributed by atoms with Crippen LogP contribution >= 0.6 is 0 Å². The predicted molar refractivity (Wildman–Crippen MR) is 54.0 cm³/mol. The van der Waals surface area contributed by atoms with E-state index in [1.165, 1.54) is 5.56 Å². The van der Waals surface area contributed by atoms with Gasteiger partial charge in [0.25, 0.3) is 0 Å². The first-order valence-electron chi connectivity index (χ1n) is 5.01. The number of aliphatic hydroxyl groups is 1. The number of hydrogen-bond donors (Lipinski definition) is 1. The van der Waals surface area contributed by atoms with Crippen LogP contribution in [0.4, 0.5) is 0 Å². The Morgan fingerprint density at radius 3 is 2.50 bits per heavy atom. The molecule has 0 radical (unpaired) electrons. The predicted octanol–water partition coefficient (Wildman–Crippen LogP) is 2.02. The molecule has 0 amide bonds. The second kappa shape index (κ2) is 3.93. The highest BCUT2D eigenvalue weighted by atomic mass is 16.3. The van der Waals surface area contributed by atoms with Crippen LogP contribution in [-0.2, 0) is 11.4 Å². The van der Waals surface area contributed by atoms with Crippen molar-refractivity contribution in [2.24, 2.45) is 0 Å². The van der Waals surface area contributed by atoms with E-state index in [1.807, 2.05) is 24.3 Å². The number of carbonyl (C=O) groups excluding carboxylic acids is 1. The van der Waals surface area contributed by atoms with Crippen LogP contribution in [0.2, 0.25) is 0 Å². The molecule has 2 heteroatoms. The first kappa shape index (κ1) is 9.41. The lowest BCUT2D eigenvalue weighted by Gasteiger charge is -2.08. The molecule has 1 atom stereocenters. The number of Topliss-reactive ketones (excluding diaryl/α,β-unsaturated/α-hetero) is 1. The van der Waals surface area contributed by atoms with Crippen molar-refractivity contribution in [3.8, 4) is 0 Å². The van der Waals surface area contributed by atoms with Crippen molar-refractivity contribution in [3.63, 3.8) is 0 Å². The molecule has 0 aromatic heterocycles. The Morgan fingerprint density at radius 2 is 2.00 bits per heavy atom. The minimum Gasteiger partial charge on any atom is -0.392 e. The summed E-state index contributed by atoms with van der Waals surface area (Å²) in [5.74, 6) is 0.788.